The van der Waals surface area contributed by atoms with Gasteiger partial charge in [0.1, 0.15) is 17.5 Å². The topological polar surface area (TPSA) is 70.0 Å². The summed E-state index contributed by atoms with van der Waals surface area (Å²) in [6, 6.07) is 6.83. The third-order valence-corrected chi connectivity index (χ3v) is 6.70. The van der Waals surface area contributed by atoms with E-state index in [2.05, 4.69) is 4.90 Å². The molecular formula is C26H31ClF3NO4. The number of hydrogen-bond acceptors (Lipinski definition) is 4. The van der Waals surface area contributed by atoms with Gasteiger partial charge in [0.15, 0.2) is 0 Å². The lowest BCUT2D eigenvalue weighted by Crippen LogP contribution is -2.39. The number of ether oxygens (including phenoxy) is 1. The second-order valence-electron chi connectivity index (χ2n) is 8.98. The normalized spacial score (nSPS) is 18.1. The van der Waals surface area contributed by atoms with Crippen molar-refractivity contribution >= 4 is 17.6 Å². The van der Waals surface area contributed by atoms with Crippen LogP contribution in [-0.2, 0) is 22.4 Å². The van der Waals surface area contributed by atoms with E-state index in [0.717, 1.165) is 31.0 Å². The molecule has 9 heteroatoms. The van der Waals surface area contributed by atoms with Gasteiger partial charge in [0.2, 0.25) is 0 Å². The molecule has 3 atom stereocenters. The number of halogens is 4. The van der Waals surface area contributed by atoms with Gasteiger partial charge in [-0.3, -0.25) is 9.69 Å². The van der Waals surface area contributed by atoms with Gasteiger partial charge < -0.3 is 14.9 Å². The molecule has 1 heterocycles. The van der Waals surface area contributed by atoms with E-state index in [1.54, 1.807) is 19.1 Å². The average Bonchev–Trinajstić information content (AvgIpc) is 3.22. The molecule has 1 saturated heterocycles. The quantitative estimate of drug-likeness (QED) is 0.402. The number of carboxylic acid groups (broad SMARTS) is 1. The van der Waals surface area contributed by atoms with E-state index in [-0.39, 0.29) is 41.6 Å². The van der Waals surface area contributed by atoms with Crippen LogP contribution in [0.2, 0.25) is 5.02 Å². The van der Waals surface area contributed by atoms with E-state index in [9.17, 15) is 23.1 Å². The third-order valence-electron chi connectivity index (χ3n) is 6.39. The highest BCUT2D eigenvalue weighted by Crippen LogP contribution is 2.29. The lowest BCUT2D eigenvalue weighted by atomic mass is 9.96. The second-order valence-corrected chi connectivity index (χ2v) is 9.38. The summed E-state index contributed by atoms with van der Waals surface area (Å²) in [6.45, 7) is 2.89. The van der Waals surface area contributed by atoms with Crippen LogP contribution in [0, 0.1) is 17.5 Å². The van der Waals surface area contributed by atoms with Crippen LogP contribution < -0.4 is 0 Å². The van der Waals surface area contributed by atoms with Gasteiger partial charge >= 0.3 is 5.97 Å². The number of carbonyl (C=O) groups is 1. The van der Waals surface area contributed by atoms with Gasteiger partial charge in [-0.1, -0.05) is 24.6 Å². The number of likely N-dealkylation sites (tertiary alicyclic amines) is 1. The predicted octanol–water partition coefficient (Wildman–Crippen LogP) is 5.31. The van der Waals surface area contributed by atoms with E-state index < -0.39 is 35.6 Å². The molecule has 0 bridgehead atoms. The molecule has 0 aliphatic carbocycles. The van der Waals surface area contributed by atoms with Crippen molar-refractivity contribution in [2.24, 2.45) is 0 Å². The van der Waals surface area contributed by atoms with E-state index in [4.69, 9.17) is 21.4 Å². The first-order valence-corrected chi connectivity index (χ1v) is 12.2. The fourth-order valence-electron chi connectivity index (χ4n) is 4.69. The Balaban J connectivity index is 1.61. The first-order valence-electron chi connectivity index (χ1n) is 11.8. The Morgan fingerprint density at radius 1 is 1.23 bits per heavy atom. The minimum Gasteiger partial charge on any atom is -0.481 e. The molecule has 1 aliphatic rings. The summed E-state index contributed by atoms with van der Waals surface area (Å²) >= 11 is 5.77. The number of nitrogens with zero attached hydrogens (tertiary/aromatic N) is 1. The monoisotopic (exact) mass is 513 g/mol. The van der Waals surface area contributed by atoms with E-state index in [0.29, 0.717) is 19.4 Å². The lowest BCUT2D eigenvalue weighted by Gasteiger charge is -2.28. The zero-order valence-corrected chi connectivity index (χ0v) is 20.4. The first kappa shape index (κ1) is 27.5. The molecule has 0 amide bonds. The Hall–Kier alpha value is -2.13. The Morgan fingerprint density at radius 3 is 2.69 bits per heavy atom. The molecule has 0 radical (unpaired) electrons. The van der Waals surface area contributed by atoms with Crippen LogP contribution in [0.25, 0.3) is 0 Å². The number of aliphatic carboxylic acids is 1. The molecule has 1 fully saturated rings. The molecule has 192 valence electrons. The van der Waals surface area contributed by atoms with Gasteiger partial charge in [-0.2, -0.15) is 0 Å². The molecular weight excluding hydrogens is 483 g/mol. The van der Waals surface area contributed by atoms with Crippen LogP contribution in [0.3, 0.4) is 0 Å². The Morgan fingerprint density at radius 2 is 2.00 bits per heavy atom. The van der Waals surface area contributed by atoms with Gasteiger partial charge in [0.05, 0.1) is 23.8 Å². The van der Waals surface area contributed by atoms with Crippen LogP contribution in [0.5, 0.6) is 0 Å². The minimum atomic E-state index is -1.08. The van der Waals surface area contributed by atoms with Gasteiger partial charge in [-0.25, -0.2) is 13.2 Å². The standard InChI is InChI=1S/C26H31ClF3NO4/c1-2-25(21-12-17(28)13-23(29)20(21)6-8-26(33)34)35-15-19(32)14-31-9-3-4-18(31)10-16-5-7-22(27)24(30)11-16/h5,7,11-13,18-19,25,32H,2-4,6,8-10,14-15H2,1H3,(H,33,34)/t18-,19+,25+/m0/s1. The SMILES string of the molecule is CC[C@@H](OC[C@H](O)CN1CCC[C@H]1Cc1ccc(Cl)c(F)c1)c1cc(F)cc(F)c1CCC(=O)O. The predicted molar refractivity (Wildman–Crippen MR) is 127 cm³/mol. The van der Waals surface area contributed by atoms with Crippen molar-refractivity contribution < 1.29 is 32.9 Å². The number of aliphatic hydroxyl groups is 1. The molecule has 1 aliphatic heterocycles. The largest absolute Gasteiger partial charge is 0.481 e. The highest BCUT2D eigenvalue weighted by Gasteiger charge is 2.27. The smallest absolute Gasteiger partial charge is 0.303 e. The van der Waals surface area contributed by atoms with Crippen molar-refractivity contribution in [3.8, 4) is 0 Å². The zero-order valence-electron chi connectivity index (χ0n) is 19.7. The van der Waals surface area contributed by atoms with Gasteiger partial charge in [-0.05, 0) is 73.5 Å². The van der Waals surface area contributed by atoms with Crippen LogP contribution >= 0.6 is 11.6 Å². The number of aliphatic hydroxyl groups excluding tert-OH is 1. The average molecular weight is 514 g/mol. The van der Waals surface area contributed by atoms with Gasteiger partial charge in [-0.15, -0.1) is 0 Å². The van der Waals surface area contributed by atoms with Crippen LogP contribution in [0.4, 0.5) is 13.2 Å². The van der Waals surface area contributed by atoms with Crippen molar-refractivity contribution in [3.05, 3.63) is 69.5 Å². The Kier molecular flexibility index (Phi) is 9.98. The molecule has 5 nitrogen and oxygen atoms in total. The van der Waals surface area contributed by atoms with Crippen LogP contribution in [0.15, 0.2) is 30.3 Å². The maximum absolute atomic E-state index is 14.4. The van der Waals surface area contributed by atoms with Crippen molar-refractivity contribution in [2.45, 2.75) is 63.7 Å². The molecule has 0 saturated carbocycles. The van der Waals surface area contributed by atoms with Crippen molar-refractivity contribution in [2.75, 3.05) is 19.7 Å². The van der Waals surface area contributed by atoms with Gasteiger partial charge in [0.25, 0.3) is 0 Å². The molecule has 2 aromatic carbocycles. The maximum Gasteiger partial charge on any atom is 0.303 e. The minimum absolute atomic E-state index is 0.0478. The van der Waals surface area contributed by atoms with E-state index in [1.807, 2.05) is 0 Å². The second kappa shape index (κ2) is 12.7. The molecule has 2 N–H and O–H groups in total. The Labute approximate surface area is 208 Å². The number of rotatable bonds is 12. The van der Waals surface area contributed by atoms with Crippen molar-refractivity contribution in [1.29, 1.82) is 0 Å². The summed E-state index contributed by atoms with van der Waals surface area (Å²) in [5.41, 5.74) is 1.22. The number of carboxylic acids is 1. The molecule has 2 aromatic rings. The van der Waals surface area contributed by atoms with Crippen molar-refractivity contribution in [1.82, 2.24) is 4.90 Å². The highest BCUT2D eigenvalue weighted by atomic mass is 35.5. The summed E-state index contributed by atoms with van der Waals surface area (Å²) in [4.78, 5) is 13.1. The Bertz CT molecular complexity index is 1020. The van der Waals surface area contributed by atoms with E-state index in [1.165, 1.54) is 12.1 Å². The summed E-state index contributed by atoms with van der Waals surface area (Å²) in [5.74, 6) is -3.10. The van der Waals surface area contributed by atoms with E-state index >= 15 is 0 Å². The molecule has 0 spiro atoms. The number of hydrogen-bond donors (Lipinski definition) is 2. The van der Waals surface area contributed by atoms with Crippen LogP contribution in [0.1, 0.15) is 55.4 Å². The summed E-state index contributed by atoms with van der Waals surface area (Å²) < 4.78 is 48.0. The summed E-state index contributed by atoms with van der Waals surface area (Å²) in [5, 5.41) is 19.7. The van der Waals surface area contributed by atoms with Crippen molar-refractivity contribution in [3.63, 3.8) is 0 Å². The summed E-state index contributed by atoms with van der Waals surface area (Å²) in [7, 11) is 0. The fraction of sp³-hybridized carbons (Fsp3) is 0.500. The fourth-order valence-corrected chi connectivity index (χ4v) is 4.81. The third kappa shape index (κ3) is 7.67. The molecule has 35 heavy (non-hydrogen) atoms. The molecule has 0 aromatic heterocycles. The highest BCUT2D eigenvalue weighted by molar-refractivity contribution is 6.30. The zero-order chi connectivity index (χ0) is 25.5. The maximum atomic E-state index is 14.4. The number of β-amino-alcohol motifs (C(OH)–C–C–N with tert-alkyl or cyclic N) is 1. The van der Waals surface area contributed by atoms with Crippen LogP contribution in [-0.4, -0.2) is 52.9 Å². The van der Waals surface area contributed by atoms with Gasteiger partial charge in [0, 0.05) is 25.1 Å². The lowest BCUT2D eigenvalue weighted by molar-refractivity contribution is -0.136. The summed E-state index contributed by atoms with van der Waals surface area (Å²) in [6.07, 6.45) is 1.01. The first-order chi connectivity index (χ1) is 16.7. The number of benzene rings is 2. The molecule has 0 unspecified atom stereocenters. The molecule has 3 rings (SSSR count).